The average Bonchev–Trinajstić information content (AvgIpc) is 3.16. The number of carbonyl (C=O) groups excluding carboxylic acids is 2. The molecule has 3 aliphatic rings. The van der Waals surface area contributed by atoms with E-state index in [0.29, 0.717) is 24.8 Å². The van der Waals surface area contributed by atoms with Crippen molar-refractivity contribution >= 4 is 11.8 Å². The van der Waals surface area contributed by atoms with Crippen molar-refractivity contribution in [3.8, 4) is 0 Å². The fourth-order valence-electron chi connectivity index (χ4n) is 5.14. The first-order valence-corrected chi connectivity index (χ1v) is 10.7. The van der Waals surface area contributed by atoms with Gasteiger partial charge in [-0.3, -0.25) is 14.6 Å². The highest BCUT2D eigenvalue weighted by molar-refractivity contribution is 5.78. The van der Waals surface area contributed by atoms with Gasteiger partial charge in [0.15, 0.2) is 0 Å². The summed E-state index contributed by atoms with van der Waals surface area (Å²) >= 11 is 0. The Morgan fingerprint density at radius 2 is 2.07 bits per heavy atom. The molecule has 4 heterocycles. The molecule has 0 bridgehead atoms. The molecule has 3 fully saturated rings. The van der Waals surface area contributed by atoms with Gasteiger partial charge < -0.3 is 14.7 Å². The van der Waals surface area contributed by atoms with Gasteiger partial charge in [-0.05, 0) is 62.7 Å². The zero-order chi connectivity index (χ0) is 19.6. The molecule has 1 aromatic rings. The molecule has 152 valence electrons. The van der Waals surface area contributed by atoms with E-state index in [1.54, 1.807) is 6.20 Å². The highest BCUT2D eigenvalue weighted by Crippen LogP contribution is 2.41. The number of aromatic nitrogens is 1. The molecule has 28 heavy (non-hydrogen) atoms. The van der Waals surface area contributed by atoms with E-state index in [1.807, 2.05) is 23.2 Å². The lowest BCUT2D eigenvalue weighted by atomic mass is 9.72. The van der Waals surface area contributed by atoms with Gasteiger partial charge in [0.1, 0.15) is 0 Å². The molecule has 4 rings (SSSR count). The average molecular weight is 385 g/mol. The highest BCUT2D eigenvalue weighted by Gasteiger charge is 2.44. The second kappa shape index (κ2) is 8.19. The summed E-state index contributed by atoms with van der Waals surface area (Å²) in [4.78, 5) is 35.8. The first kappa shape index (κ1) is 19.4. The number of rotatable bonds is 4. The van der Waals surface area contributed by atoms with Crippen LogP contribution in [0.1, 0.15) is 44.1 Å². The Labute approximate surface area is 167 Å². The summed E-state index contributed by atoms with van der Waals surface area (Å²) < 4.78 is 0. The number of hydrogen-bond acceptors (Lipinski definition) is 4. The van der Waals surface area contributed by atoms with Crippen molar-refractivity contribution in [2.24, 2.45) is 5.41 Å². The normalized spacial score (nSPS) is 25.5. The number of likely N-dealkylation sites (tertiary alicyclic amines) is 3. The van der Waals surface area contributed by atoms with Crippen molar-refractivity contribution in [3.63, 3.8) is 0 Å². The Morgan fingerprint density at radius 1 is 1.25 bits per heavy atom. The van der Waals surface area contributed by atoms with Crippen LogP contribution in [0.2, 0.25) is 0 Å². The minimum absolute atomic E-state index is 0.217. The Bertz CT molecular complexity index is 700. The van der Waals surface area contributed by atoms with E-state index in [9.17, 15) is 9.59 Å². The fourth-order valence-corrected chi connectivity index (χ4v) is 5.14. The van der Waals surface area contributed by atoms with Crippen LogP contribution in [0.4, 0.5) is 0 Å². The number of hydrogen-bond donors (Lipinski definition) is 0. The van der Waals surface area contributed by atoms with Crippen LogP contribution in [0, 0.1) is 5.41 Å². The predicted molar refractivity (Wildman–Crippen MR) is 108 cm³/mol. The Morgan fingerprint density at radius 3 is 2.75 bits per heavy atom. The molecular weight excluding hydrogens is 352 g/mol. The van der Waals surface area contributed by atoms with Crippen molar-refractivity contribution in [1.29, 1.82) is 0 Å². The largest absolute Gasteiger partial charge is 0.343 e. The summed E-state index contributed by atoms with van der Waals surface area (Å²) in [5, 5.41) is 0. The van der Waals surface area contributed by atoms with Crippen LogP contribution in [0.3, 0.4) is 0 Å². The van der Waals surface area contributed by atoms with E-state index in [-0.39, 0.29) is 11.3 Å². The first-order valence-electron chi connectivity index (χ1n) is 10.7. The Kier molecular flexibility index (Phi) is 5.67. The minimum Gasteiger partial charge on any atom is -0.343 e. The standard InChI is InChI=1S/C22H32N4O2/c1-24-12-7-19(16-24)26-17-22(8-6-21(26)28)9-13-25(14-10-22)20(27)5-4-18-3-2-11-23-15-18/h2-3,11,15,19H,4-10,12-14,16-17H2,1H3. The summed E-state index contributed by atoms with van der Waals surface area (Å²) in [6.45, 7) is 4.64. The topological polar surface area (TPSA) is 56.8 Å². The molecule has 0 aliphatic carbocycles. The number of likely N-dealkylation sites (N-methyl/N-ethyl adjacent to an activating group) is 1. The summed E-state index contributed by atoms with van der Waals surface area (Å²) in [6, 6.07) is 4.33. The number of pyridine rings is 1. The second-order valence-electron chi connectivity index (χ2n) is 8.97. The number of amides is 2. The van der Waals surface area contributed by atoms with E-state index >= 15 is 0 Å². The molecule has 0 aromatic carbocycles. The molecule has 6 heteroatoms. The zero-order valence-corrected chi connectivity index (χ0v) is 17.0. The Hall–Kier alpha value is -1.95. The maximum Gasteiger partial charge on any atom is 0.222 e. The van der Waals surface area contributed by atoms with Gasteiger partial charge in [0.2, 0.25) is 11.8 Å². The monoisotopic (exact) mass is 384 g/mol. The summed E-state index contributed by atoms with van der Waals surface area (Å²) in [5.74, 6) is 0.584. The van der Waals surface area contributed by atoms with Crippen LogP contribution in [0.5, 0.6) is 0 Å². The maximum absolute atomic E-state index is 12.6. The van der Waals surface area contributed by atoms with Gasteiger partial charge in [0, 0.05) is 57.5 Å². The Balaban J connectivity index is 1.30. The van der Waals surface area contributed by atoms with Crippen molar-refractivity contribution in [2.45, 2.75) is 51.0 Å². The minimum atomic E-state index is 0.217. The third-order valence-corrected chi connectivity index (χ3v) is 7.03. The SMILES string of the molecule is CN1CCC(N2CC3(CCC2=O)CCN(C(=O)CCc2cccnc2)CC3)C1. The summed E-state index contributed by atoms with van der Waals surface area (Å²) in [7, 11) is 2.14. The maximum atomic E-state index is 12.6. The van der Waals surface area contributed by atoms with E-state index < -0.39 is 0 Å². The molecule has 0 N–H and O–H groups in total. The van der Waals surface area contributed by atoms with Crippen molar-refractivity contribution < 1.29 is 9.59 Å². The highest BCUT2D eigenvalue weighted by atomic mass is 16.2. The van der Waals surface area contributed by atoms with Crippen molar-refractivity contribution in [2.75, 3.05) is 39.8 Å². The number of carbonyl (C=O) groups is 2. The van der Waals surface area contributed by atoms with Crippen LogP contribution < -0.4 is 0 Å². The molecule has 3 aliphatic heterocycles. The quantitative estimate of drug-likeness (QED) is 0.796. The molecule has 0 radical (unpaired) electrons. The molecule has 6 nitrogen and oxygen atoms in total. The summed E-state index contributed by atoms with van der Waals surface area (Å²) in [5.41, 5.74) is 1.34. The molecule has 1 unspecified atom stereocenters. The van der Waals surface area contributed by atoms with Gasteiger partial charge in [0.05, 0.1) is 0 Å². The number of aryl methyl sites for hydroxylation is 1. The van der Waals surface area contributed by atoms with Crippen molar-refractivity contribution in [1.82, 2.24) is 19.7 Å². The van der Waals surface area contributed by atoms with E-state index in [1.165, 1.54) is 0 Å². The third-order valence-electron chi connectivity index (χ3n) is 7.03. The molecule has 3 saturated heterocycles. The van der Waals surface area contributed by atoms with Gasteiger partial charge in [-0.2, -0.15) is 0 Å². The van der Waals surface area contributed by atoms with Crippen molar-refractivity contribution in [3.05, 3.63) is 30.1 Å². The lowest BCUT2D eigenvalue weighted by Gasteiger charge is -2.49. The smallest absolute Gasteiger partial charge is 0.222 e. The predicted octanol–water partition coefficient (Wildman–Crippen LogP) is 1.95. The van der Waals surface area contributed by atoms with E-state index in [4.69, 9.17) is 0 Å². The summed E-state index contributed by atoms with van der Waals surface area (Å²) in [6.07, 6.45) is 9.72. The lowest BCUT2D eigenvalue weighted by Crippen LogP contribution is -2.55. The molecular formula is C22H32N4O2. The molecule has 2 amide bonds. The van der Waals surface area contributed by atoms with Crippen LogP contribution in [-0.2, 0) is 16.0 Å². The van der Waals surface area contributed by atoms with E-state index in [2.05, 4.69) is 21.8 Å². The van der Waals surface area contributed by atoms with Crippen LogP contribution in [0.25, 0.3) is 0 Å². The zero-order valence-electron chi connectivity index (χ0n) is 17.0. The number of piperidine rings is 2. The van der Waals surface area contributed by atoms with Gasteiger partial charge in [-0.25, -0.2) is 0 Å². The number of nitrogens with zero attached hydrogens (tertiary/aromatic N) is 4. The van der Waals surface area contributed by atoms with Crippen LogP contribution in [-0.4, -0.2) is 77.3 Å². The van der Waals surface area contributed by atoms with Gasteiger partial charge >= 0.3 is 0 Å². The second-order valence-corrected chi connectivity index (χ2v) is 8.97. The van der Waals surface area contributed by atoms with Gasteiger partial charge in [0.25, 0.3) is 0 Å². The molecule has 1 atom stereocenters. The van der Waals surface area contributed by atoms with Crippen LogP contribution in [0.15, 0.2) is 24.5 Å². The van der Waals surface area contributed by atoms with Crippen LogP contribution >= 0.6 is 0 Å². The fraction of sp³-hybridized carbons (Fsp3) is 0.682. The first-order chi connectivity index (χ1) is 13.5. The van der Waals surface area contributed by atoms with Gasteiger partial charge in [-0.15, -0.1) is 0 Å². The van der Waals surface area contributed by atoms with Gasteiger partial charge in [-0.1, -0.05) is 6.07 Å². The molecule has 0 saturated carbocycles. The van der Waals surface area contributed by atoms with E-state index in [0.717, 1.165) is 70.4 Å². The lowest BCUT2D eigenvalue weighted by molar-refractivity contribution is -0.144. The third kappa shape index (κ3) is 4.22. The molecule has 1 aromatic heterocycles. The molecule has 1 spiro atoms.